The highest BCUT2D eigenvalue weighted by Crippen LogP contribution is 2.29. The molecule has 0 spiro atoms. The summed E-state index contributed by atoms with van der Waals surface area (Å²) in [6.07, 6.45) is 29.5. The number of anilines is 1. The molecule has 198 valence electrons. The third-order valence-corrected chi connectivity index (χ3v) is 4.50. The average Bonchev–Trinajstić information content (AvgIpc) is 2.93. The molecule has 0 heterocycles. The molecule has 4 nitrogen and oxygen atoms in total. The number of unbranched alkanes of at least 4 members (excludes halogenated alkanes) is 1. The van der Waals surface area contributed by atoms with Gasteiger partial charge in [0.1, 0.15) is 23.0 Å². The van der Waals surface area contributed by atoms with Crippen molar-refractivity contribution in [3.05, 3.63) is 72.5 Å². The summed E-state index contributed by atoms with van der Waals surface area (Å²) < 4.78 is 11.9. The lowest BCUT2D eigenvalue weighted by molar-refractivity contribution is 0.434. The standard InChI is InChI=1S/C25H25NO2.C5H8.C4H7N/c1-5-9-13-22(8-4)27-24-15-11-16-25(20-24)28-23-14-10-12-21(19-23)26(17-6-2)18-7-3;1-3-5-4-2;1-3-4-5-2/h2-3,8-16,19-20H,5,17-18H2,1,4H3;1H,4-5H2,2H3;1,5H,4H2,2H3/b13-9-,22-8+;;. The minimum atomic E-state index is 0.439. The summed E-state index contributed by atoms with van der Waals surface area (Å²) in [6.45, 7) is 7.64. The van der Waals surface area contributed by atoms with Gasteiger partial charge in [-0.3, -0.25) is 0 Å². The van der Waals surface area contributed by atoms with E-state index in [0.717, 1.165) is 30.7 Å². The second kappa shape index (κ2) is 23.0. The van der Waals surface area contributed by atoms with E-state index < -0.39 is 0 Å². The van der Waals surface area contributed by atoms with Crippen LogP contribution in [0, 0.1) is 49.4 Å². The van der Waals surface area contributed by atoms with Crippen LogP contribution in [0.5, 0.6) is 17.2 Å². The van der Waals surface area contributed by atoms with E-state index in [9.17, 15) is 0 Å². The van der Waals surface area contributed by atoms with Gasteiger partial charge in [0, 0.05) is 24.2 Å². The number of hydrogen-bond acceptors (Lipinski definition) is 4. The zero-order valence-corrected chi connectivity index (χ0v) is 23.2. The largest absolute Gasteiger partial charge is 0.458 e. The summed E-state index contributed by atoms with van der Waals surface area (Å²) in [6, 6.07) is 15.2. The number of rotatable bonds is 11. The van der Waals surface area contributed by atoms with Crippen molar-refractivity contribution < 1.29 is 9.47 Å². The minimum absolute atomic E-state index is 0.439. The fourth-order valence-corrected chi connectivity index (χ4v) is 2.75. The van der Waals surface area contributed by atoms with Crippen molar-refractivity contribution in [2.24, 2.45) is 0 Å². The highest BCUT2D eigenvalue weighted by atomic mass is 16.5. The molecule has 0 unspecified atom stereocenters. The van der Waals surface area contributed by atoms with Gasteiger partial charge in [-0.15, -0.1) is 31.6 Å². The normalized spacial score (nSPS) is 9.74. The van der Waals surface area contributed by atoms with E-state index in [1.165, 1.54) is 0 Å². The second-order valence-corrected chi connectivity index (χ2v) is 7.63. The number of benzene rings is 2. The lowest BCUT2D eigenvalue weighted by Crippen LogP contribution is -2.23. The van der Waals surface area contributed by atoms with E-state index in [2.05, 4.69) is 48.9 Å². The first-order chi connectivity index (χ1) is 18.5. The molecule has 1 N–H and O–H groups in total. The van der Waals surface area contributed by atoms with Crippen molar-refractivity contribution >= 4 is 5.69 Å². The van der Waals surface area contributed by atoms with Crippen LogP contribution in [0.3, 0.4) is 0 Å². The molecule has 2 aromatic carbocycles. The molecule has 2 aromatic rings. The first-order valence-corrected chi connectivity index (χ1v) is 12.5. The van der Waals surface area contributed by atoms with Crippen LogP contribution in [-0.2, 0) is 0 Å². The number of hydrogen-bond donors (Lipinski definition) is 1. The van der Waals surface area contributed by atoms with Crippen LogP contribution in [-0.4, -0.2) is 26.7 Å². The van der Waals surface area contributed by atoms with Crippen molar-refractivity contribution in [3.8, 4) is 66.6 Å². The number of allylic oxidation sites excluding steroid dienone is 3. The molecule has 0 aliphatic rings. The van der Waals surface area contributed by atoms with E-state index in [1.54, 1.807) is 0 Å². The second-order valence-electron chi connectivity index (χ2n) is 7.63. The fourth-order valence-electron chi connectivity index (χ4n) is 2.75. The molecule has 0 atom stereocenters. The molecule has 0 saturated heterocycles. The van der Waals surface area contributed by atoms with Gasteiger partial charge >= 0.3 is 0 Å². The fraction of sp³-hybridized carbons (Fsp3) is 0.294. The Balaban J connectivity index is 0.00000116. The van der Waals surface area contributed by atoms with Gasteiger partial charge < -0.3 is 19.7 Å². The Morgan fingerprint density at radius 3 is 2.00 bits per heavy atom. The number of ether oxygens (including phenoxy) is 2. The van der Waals surface area contributed by atoms with Gasteiger partial charge in [0.15, 0.2) is 0 Å². The summed E-state index contributed by atoms with van der Waals surface area (Å²) >= 11 is 0. The maximum absolute atomic E-state index is 6.02. The van der Waals surface area contributed by atoms with Gasteiger partial charge in [-0.05, 0) is 63.2 Å². The quantitative estimate of drug-likeness (QED) is 0.200. The van der Waals surface area contributed by atoms with Crippen molar-refractivity contribution in [3.63, 3.8) is 0 Å². The maximum Gasteiger partial charge on any atom is 0.131 e. The maximum atomic E-state index is 6.02. The van der Waals surface area contributed by atoms with Crippen molar-refractivity contribution in [2.75, 3.05) is 31.6 Å². The van der Waals surface area contributed by atoms with Gasteiger partial charge in [-0.1, -0.05) is 49.8 Å². The summed E-state index contributed by atoms with van der Waals surface area (Å²) in [5.41, 5.74) is 0.918. The molecule has 2 rings (SSSR count). The van der Waals surface area contributed by atoms with Crippen LogP contribution in [0.4, 0.5) is 5.69 Å². The molecular formula is C34H40N2O2. The number of terminal acetylenes is 4. The molecule has 0 radical (unpaired) electrons. The monoisotopic (exact) mass is 508 g/mol. The van der Waals surface area contributed by atoms with Gasteiger partial charge in [0.25, 0.3) is 0 Å². The van der Waals surface area contributed by atoms with Crippen LogP contribution in [0.25, 0.3) is 0 Å². The lowest BCUT2D eigenvalue weighted by Gasteiger charge is -2.20. The smallest absolute Gasteiger partial charge is 0.131 e. The Morgan fingerprint density at radius 1 is 0.895 bits per heavy atom. The topological polar surface area (TPSA) is 33.7 Å². The van der Waals surface area contributed by atoms with Crippen molar-refractivity contribution in [2.45, 2.75) is 40.0 Å². The summed E-state index contributed by atoms with van der Waals surface area (Å²) in [4.78, 5) is 1.94. The Kier molecular flexibility index (Phi) is 20.2. The molecule has 0 aliphatic carbocycles. The molecule has 0 saturated carbocycles. The lowest BCUT2D eigenvalue weighted by atomic mass is 10.2. The zero-order chi connectivity index (χ0) is 28.4. The van der Waals surface area contributed by atoms with Crippen molar-refractivity contribution in [1.29, 1.82) is 0 Å². The van der Waals surface area contributed by atoms with E-state index in [1.807, 2.05) is 79.6 Å². The van der Waals surface area contributed by atoms with E-state index in [0.29, 0.717) is 36.9 Å². The molecule has 4 heteroatoms. The highest BCUT2D eigenvalue weighted by molar-refractivity contribution is 5.53. The molecule has 0 amide bonds. The van der Waals surface area contributed by atoms with Gasteiger partial charge in [-0.2, -0.15) is 0 Å². The summed E-state index contributed by atoms with van der Waals surface area (Å²) in [5.74, 6) is 13.1. The zero-order valence-electron chi connectivity index (χ0n) is 23.2. The SMILES string of the molecule is C#CCCC.C#CCN(CC#C)c1cccc(Oc2cccc(OC(/C=C\CC)=C/C)c2)c1.C#CCNC. The van der Waals surface area contributed by atoms with E-state index in [-0.39, 0.29) is 0 Å². The van der Waals surface area contributed by atoms with E-state index in [4.69, 9.17) is 35.2 Å². The first kappa shape index (κ1) is 33.5. The molecular weight excluding hydrogens is 468 g/mol. The predicted octanol–water partition coefficient (Wildman–Crippen LogP) is 7.06. The van der Waals surface area contributed by atoms with Crippen LogP contribution in [0.2, 0.25) is 0 Å². The Labute approximate surface area is 231 Å². The first-order valence-electron chi connectivity index (χ1n) is 12.5. The van der Waals surface area contributed by atoms with Crippen LogP contribution in [0.1, 0.15) is 40.0 Å². The van der Waals surface area contributed by atoms with Gasteiger partial charge in [0.05, 0.1) is 19.6 Å². The minimum Gasteiger partial charge on any atom is -0.458 e. The molecule has 0 fully saturated rings. The molecule has 0 aliphatic heterocycles. The van der Waals surface area contributed by atoms with E-state index >= 15 is 0 Å². The third kappa shape index (κ3) is 15.5. The van der Waals surface area contributed by atoms with Crippen LogP contribution < -0.4 is 19.7 Å². The summed E-state index contributed by atoms with van der Waals surface area (Å²) in [7, 11) is 1.82. The molecule has 0 aromatic heterocycles. The average molecular weight is 509 g/mol. The highest BCUT2D eigenvalue weighted by Gasteiger charge is 2.07. The molecule has 38 heavy (non-hydrogen) atoms. The molecule has 0 bridgehead atoms. The Bertz CT molecular complexity index is 1120. The van der Waals surface area contributed by atoms with Gasteiger partial charge in [-0.25, -0.2) is 0 Å². The van der Waals surface area contributed by atoms with Crippen molar-refractivity contribution in [1.82, 2.24) is 5.32 Å². The third-order valence-electron chi connectivity index (χ3n) is 4.50. The summed E-state index contributed by atoms with van der Waals surface area (Å²) in [5, 5.41) is 2.78. The predicted molar refractivity (Wildman–Crippen MR) is 163 cm³/mol. The van der Waals surface area contributed by atoms with Crippen LogP contribution in [0.15, 0.2) is 72.5 Å². The number of nitrogens with zero attached hydrogens (tertiary/aromatic N) is 1. The van der Waals surface area contributed by atoms with Crippen LogP contribution >= 0.6 is 0 Å². The Morgan fingerprint density at radius 2 is 1.53 bits per heavy atom. The number of nitrogens with one attached hydrogen (secondary N) is 1. The van der Waals surface area contributed by atoms with Gasteiger partial charge in [0.2, 0.25) is 0 Å². The Hall–Kier alpha value is -4.48.